The van der Waals surface area contributed by atoms with Crippen LogP contribution in [0.2, 0.25) is 5.02 Å². The molecular formula is C20H22ClN2O3+. The monoisotopic (exact) mass is 373 g/mol. The molecule has 0 aliphatic rings. The van der Waals surface area contributed by atoms with Gasteiger partial charge in [0.2, 0.25) is 0 Å². The second-order valence-corrected chi connectivity index (χ2v) is 6.70. The second kappa shape index (κ2) is 8.25. The average Bonchev–Trinajstić information content (AvgIpc) is 3.32. The third-order valence-electron chi connectivity index (χ3n) is 4.25. The van der Waals surface area contributed by atoms with E-state index in [2.05, 4.69) is 0 Å². The summed E-state index contributed by atoms with van der Waals surface area (Å²) in [5.41, 5.74) is 0.954. The van der Waals surface area contributed by atoms with E-state index in [9.17, 15) is 4.79 Å². The van der Waals surface area contributed by atoms with Crippen LogP contribution in [0.5, 0.6) is 0 Å². The van der Waals surface area contributed by atoms with Crippen molar-refractivity contribution in [3.05, 3.63) is 71.3 Å². The van der Waals surface area contributed by atoms with E-state index in [1.54, 1.807) is 18.2 Å². The Morgan fingerprint density at radius 1 is 1.19 bits per heavy atom. The minimum atomic E-state index is 0.0350. The summed E-state index contributed by atoms with van der Waals surface area (Å²) < 4.78 is 11.2. The minimum Gasteiger partial charge on any atom is -0.463 e. The van der Waals surface area contributed by atoms with Crippen molar-refractivity contribution in [1.82, 2.24) is 4.90 Å². The molecule has 2 heterocycles. The van der Waals surface area contributed by atoms with Gasteiger partial charge in [-0.25, -0.2) is 0 Å². The number of benzene rings is 1. The van der Waals surface area contributed by atoms with Gasteiger partial charge in [-0.3, -0.25) is 4.79 Å². The van der Waals surface area contributed by atoms with Gasteiger partial charge in [-0.2, -0.15) is 0 Å². The van der Waals surface area contributed by atoms with E-state index in [1.165, 1.54) is 0 Å². The lowest BCUT2D eigenvalue weighted by molar-refractivity contribution is -0.685. The standard InChI is InChI=1S/C20H21ClN2O3/c1-14(18-4-3-11-25-18)22-12-20(24)23(2)13-17-9-10-19(26-17)15-5-7-16(21)8-6-15/h3-11,14,22H,12-13H2,1-2H3/p+1/t14-/m0/s1. The summed E-state index contributed by atoms with van der Waals surface area (Å²) in [5, 5.41) is 2.64. The fourth-order valence-electron chi connectivity index (χ4n) is 2.65. The van der Waals surface area contributed by atoms with Crippen molar-refractivity contribution in [3.8, 4) is 11.3 Å². The van der Waals surface area contributed by atoms with Gasteiger partial charge in [0, 0.05) is 17.6 Å². The molecule has 2 aromatic heterocycles. The maximum atomic E-state index is 12.3. The smallest absolute Gasteiger partial charge is 0.277 e. The first-order chi connectivity index (χ1) is 12.5. The van der Waals surface area contributed by atoms with Crippen molar-refractivity contribution in [2.45, 2.75) is 19.5 Å². The number of carbonyl (C=O) groups excluding carboxylic acids is 1. The van der Waals surface area contributed by atoms with Gasteiger partial charge in [0.25, 0.3) is 5.91 Å². The number of nitrogens with two attached hydrogens (primary N) is 1. The van der Waals surface area contributed by atoms with Crippen LogP contribution in [-0.2, 0) is 11.3 Å². The van der Waals surface area contributed by atoms with Gasteiger partial charge in [0.1, 0.15) is 17.6 Å². The van der Waals surface area contributed by atoms with E-state index in [0.717, 1.165) is 22.8 Å². The van der Waals surface area contributed by atoms with Gasteiger partial charge in [0.05, 0.1) is 12.8 Å². The summed E-state index contributed by atoms with van der Waals surface area (Å²) in [7, 11) is 1.78. The van der Waals surface area contributed by atoms with Crippen LogP contribution in [0.15, 0.2) is 63.6 Å². The number of nitrogens with zero attached hydrogens (tertiary/aromatic N) is 1. The number of carbonyl (C=O) groups is 1. The maximum Gasteiger partial charge on any atom is 0.277 e. The third kappa shape index (κ3) is 4.56. The minimum absolute atomic E-state index is 0.0350. The van der Waals surface area contributed by atoms with Crippen molar-refractivity contribution < 1.29 is 18.9 Å². The van der Waals surface area contributed by atoms with Crippen molar-refractivity contribution >= 4 is 17.5 Å². The van der Waals surface area contributed by atoms with E-state index in [1.807, 2.05) is 60.8 Å². The summed E-state index contributed by atoms with van der Waals surface area (Å²) >= 11 is 5.91. The number of likely N-dealkylation sites (N-methyl/N-ethyl adjacent to an activating group) is 1. The summed E-state index contributed by atoms with van der Waals surface area (Å²) in [5.74, 6) is 2.40. The van der Waals surface area contributed by atoms with Gasteiger partial charge in [-0.05, 0) is 55.5 Å². The predicted molar refractivity (Wildman–Crippen MR) is 99.5 cm³/mol. The molecule has 0 aliphatic heterocycles. The number of amides is 1. The number of hydrogen-bond donors (Lipinski definition) is 1. The van der Waals surface area contributed by atoms with E-state index in [4.69, 9.17) is 20.4 Å². The zero-order valence-electron chi connectivity index (χ0n) is 14.8. The first-order valence-corrected chi connectivity index (χ1v) is 8.86. The molecule has 6 heteroatoms. The quantitative estimate of drug-likeness (QED) is 0.689. The van der Waals surface area contributed by atoms with Crippen LogP contribution in [0.25, 0.3) is 11.3 Å². The highest BCUT2D eigenvalue weighted by Gasteiger charge is 2.17. The molecule has 0 saturated carbocycles. The number of quaternary nitrogens is 1. The molecule has 0 saturated heterocycles. The lowest BCUT2D eigenvalue weighted by atomic mass is 10.2. The molecule has 0 spiro atoms. The molecule has 1 atom stereocenters. The fraction of sp³-hybridized carbons (Fsp3) is 0.250. The van der Waals surface area contributed by atoms with E-state index < -0.39 is 0 Å². The lowest BCUT2D eigenvalue weighted by Gasteiger charge is -2.16. The molecule has 0 fully saturated rings. The molecule has 3 aromatic rings. The summed E-state index contributed by atoms with van der Waals surface area (Å²) in [6.07, 6.45) is 1.64. The SMILES string of the molecule is C[C@H]([NH2+]CC(=O)N(C)Cc1ccc(-c2ccc(Cl)cc2)o1)c1ccco1. The summed E-state index contributed by atoms with van der Waals surface area (Å²) in [4.78, 5) is 14.0. The van der Waals surface area contributed by atoms with E-state index in [0.29, 0.717) is 18.1 Å². The Kier molecular flexibility index (Phi) is 5.81. The Labute approximate surface area is 157 Å². The molecule has 0 aliphatic carbocycles. The first kappa shape index (κ1) is 18.3. The molecule has 0 radical (unpaired) electrons. The number of rotatable bonds is 7. The zero-order valence-corrected chi connectivity index (χ0v) is 15.6. The van der Waals surface area contributed by atoms with Crippen LogP contribution in [0.1, 0.15) is 24.5 Å². The van der Waals surface area contributed by atoms with Crippen molar-refractivity contribution in [3.63, 3.8) is 0 Å². The molecule has 136 valence electrons. The third-order valence-corrected chi connectivity index (χ3v) is 4.50. The Bertz CT molecular complexity index is 840. The number of hydrogen-bond acceptors (Lipinski definition) is 3. The predicted octanol–water partition coefficient (Wildman–Crippen LogP) is 3.48. The molecular weight excluding hydrogens is 352 g/mol. The van der Waals surface area contributed by atoms with E-state index in [-0.39, 0.29) is 11.9 Å². The van der Waals surface area contributed by atoms with Crippen LogP contribution >= 0.6 is 11.6 Å². The van der Waals surface area contributed by atoms with Crippen LogP contribution in [0.3, 0.4) is 0 Å². The molecule has 0 unspecified atom stereocenters. The molecule has 1 aromatic carbocycles. The Morgan fingerprint density at radius 2 is 1.96 bits per heavy atom. The van der Waals surface area contributed by atoms with Crippen molar-refractivity contribution in [1.29, 1.82) is 0 Å². The lowest BCUT2D eigenvalue weighted by Crippen LogP contribution is -2.86. The fourth-order valence-corrected chi connectivity index (χ4v) is 2.78. The van der Waals surface area contributed by atoms with E-state index >= 15 is 0 Å². The first-order valence-electron chi connectivity index (χ1n) is 8.48. The van der Waals surface area contributed by atoms with Crippen LogP contribution in [-0.4, -0.2) is 24.4 Å². The Morgan fingerprint density at radius 3 is 2.65 bits per heavy atom. The van der Waals surface area contributed by atoms with Gasteiger partial charge in [0.15, 0.2) is 12.3 Å². The normalized spacial score (nSPS) is 12.1. The Hall–Kier alpha value is -2.50. The molecule has 26 heavy (non-hydrogen) atoms. The molecule has 0 bridgehead atoms. The largest absolute Gasteiger partial charge is 0.463 e. The van der Waals surface area contributed by atoms with Crippen LogP contribution < -0.4 is 5.32 Å². The zero-order chi connectivity index (χ0) is 18.5. The topological polar surface area (TPSA) is 63.2 Å². The maximum absolute atomic E-state index is 12.3. The summed E-state index contributed by atoms with van der Waals surface area (Å²) in [6, 6.07) is 15.1. The van der Waals surface area contributed by atoms with Crippen molar-refractivity contribution in [2.75, 3.05) is 13.6 Å². The molecule has 5 nitrogen and oxygen atoms in total. The van der Waals surface area contributed by atoms with Gasteiger partial charge in [-0.15, -0.1) is 0 Å². The van der Waals surface area contributed by atoms with Crippen LogP contribution in [0, 0.1) is 0 Å². The molecule has 3 rings (SSSR count). The molecule has 2 N–H and O–H groups in total. The van der Waals surface area contributed by atoms with Gasteiger partial charge in [-0.1, -0.05) is 11.6 Å². The summed E-state index contributed by atoms with van der Waals surface area (Å²) in [6.45, 7) is 2.79. The van der Waals surface area contributed by atoms with Crippen molar-refractivity contribution in [2.24, 2.45) is 0 Å². The van der Waals surface area contributed by atoms with Crippen LogP contribution in [0.4, 0.5) is 0 Å². The number of furan rings is 2. The van der Waals surface area contributed by atoms with Gasteiger partial charge < -0.3 is 19.1 Å². The molecule has 1 amide bonds. The highest BCUT2D eigenvalue weighted by Crippen LogP contribution is 2.24. The Balaban J connectivity index is 1.53. The highest BCUT2D eigenvalue weighted by molar-refractivity contribution is 6.30. The van der Waals surface area contributed by atoms with Gasteiger partial charge >= 0.3 is 0 Å². The highest BCUT2D eigenvalue weighted by atomic mass is 35.5. The average molecular weight is 374 g/mol. The number of halogens is 1. The second-order valence-electron chi connectivity index (χ2n) is 6.27.